The molecular formula is C11H12FN3O. The zero-order valence-electron chi connectivity index (χ0n) is 8.83. The number of rotatable bonds is 3. The Balaban J connectivity index is 2.90. The van der Waals surface area contributed by atoms with E-state index in [4.69, 9.17) is 11.0 Å². The highest BCUT2D eigenvalue weighted by atomic mass is 19.1. The number of hydrogen-bond acceptors (Lipinski definition) is 3. The number of hydrogen-bond donors (Lipinski definition) is 2. The number of nitrogens with one attached hydrogen (secondary N) is 1. The number of carbonyl (C=O) groups is 1. The van der Waals surface area contributed by atoms with Gasteiger partial charge in [-0.25, -0.2) is 4.39 Å². The van der Waals surface area contributed by atoms with E-state index >= 15 is 0 Å². The molecule has 0 saturated carbocycles. The molecular weight excluding hydrogens is 209 g/mol. The Kier molecular flexibility index (Phi) is 3.97. The summed E-state index contributed by atoms with van der Waals surface area (Å²) < 4.78 is 12.8. The summed E-state index contributed by atoms with van der Waals surface area (Å²) in [6.07, 6.45) is 0.495. The number of amides is 1. The van der Waals surface area contributed by atoms with Crippen LogP contribution < -0.4 is 11.1 Å². The first-order chi connectivity index (χ1) is 7.58. The smallest absolute Gasteiger partial charge is 0.241 e. The highest BCUT2D eigenvalue weighted by Gasteiger charge is 2.13. The van der Waals surface area contributed by atoms with Gasteiger partial charge in [-0.1, -0.05) is 6.92 Å². The van der Waals surface area contributed by atoms with Crippen LogP contribution in [0.4, 0.5) is 10.1 Å². The van der Waals surface area contributed by atoms with Gasteiger partial charge < -0.3 is 11.1 Å². The highest BCUT2D eigenvalue weighted by molar-refractivity contribution is 5.95. The molecule has 0 aromatic heterocycles. The van der Waals surface area contributed by atoms with Crippen molar-refractivity contribution in [3.05, 3.63) is 29.6 Å². The van der Waals surface area contributed by atoms with Crippen LogP contribution in [0.25, 0.3) is 0 Å². The number of nitrogens with zero attached hydrogens (tertiary/aromatic N) is 1. The third kappa shape index (κ3) is 2.78. The van der Waals surface area contributed by atoms with Crippen molar-refractivity contribution in [2.75, 3.05) is 5.32 Å². The SMILES string of the molecule is CCC(N)C(=O)Nc1ccc(F)cc1C#N. The fourth-order valence-electron chi connectivity index (χ4n) is 1.13. The Morgan fingerprint density at radius 2 is 2.38 bits per heavy atom. The van der Waals surface area contributed by atoms with E-state index in [0.717, 1.165) is 6.07 Å². The minimum absolute atomic E-state index is 0.0802. The van der Waals surface area contributed by atoms with Crippen LogP contribution in [-0.4, -0.2) is 11.9 Å². The average molecular weight is 221 g/mol. The Morgan fingerprint density at radius 1 is 1.69 bits per heavy atom. The molecule has 0 radical (unpaired) electrons. The van der Waals surface area contributed by atoms with Crippen LogP contribution >= 0.6 is 0 Å². The molecule has 1 aromatic rings. The minimum Gasteiger partial charge on any atom is -0.324 e. The van der Waals surface area contributed by atoms with E-state index in [9.17, 15) is 9.18 Å². The van der Waals surface area contributed by atoms with Gasteiger partial charge in [0.05, 0.1) is 17.3 Å². The molecule has 16 heavy (non-hydrogen) atoms. The summed E-state index contributed by atoms with van der Waals surface area (Å²) >= 11 is 0. The van der Waals surface area contributed by atoms with Crippen molar-refractivity contribution in [2.45, 2.75) is 19.4 Å². The summed E-state index contributed by atoms with van der Waals surface area (Å²) in [6.45, 7) is 1.78. The number of carbonyl (C=O) groups excluding carboxylic acids is 1. The van der Waals surface area contributed by atoms with Crippen molar-refractivity contribution in [1.29, 1.82) is 5.26 Å². The molecule has 0 spiro atoms. The lowest BCUT2D eigenvalue weighted by atomic mass is 10.1. The van der Waals surface area contributed by atoms with Crippen LogP contribution in [0.1, 0.15) is 18.9 Å². The maximum Gasteiger partial charge on any atom is 0.241 e. The lowest BCUT2D eigenvalue weighted by Gasteiger charge is -2.10. The van der Waals surface area contributed by atoms with E-state index < -0.39 is 11.9 Å². The summed E-state index contributed by atoms with van der Waals surface area (Å²) in [4.78, 5) is 11.5. The topological polar surface area (TPSA) is 78.9 Å². The zero-order valence-corrected chi connectivity index (χ0v) is 8.83. The number of nitrogens with two attached hydrogens (primary N) is 1. The van der Waals surface area contributed by atoms with E-state index in [-0.39, 0.29) is 17.2 Å². The number of anilines is 1. The first-order valence-corrected chi connectivity index (χ1v) is 4.84. The van der Waals surface area contributed by atoms with Gasteiger partial charge in [0, 0.05) is 0 Å². The molecule has 0 aliphatic rings. The molecule has 4 nitrogen and oxygen atoms in total. The predicted molar refractivity (Wildman–Crippen MR) is 58.0 cm³/mol. The third-order valence-corrected chi connectivity index (χ3v) is 2.14. The molecule has 1 aromatic carbocycles. The van der Waals surface area contributed by atoms with Gasteiger partial charge in [0.25, 0.3) is 0 Å². The Bertz CT molecular complexity index is 439. The van der Waals surface area contributed by atoms with Gasteiger partial charge in [-0.2, -0.15) is 5.26 Å². The van der Waals surface area contributed by atoms with Crippen LogP contribution in [0.3, 0.4) is 0 Å². The fourth-order valence-corrected chi connectivity index (χ4v) is 1.13. The summed E-state index contributed by atoms with van der Waals surface area (Å²) in [5.41, 5.74) is 5.87. The second kappa shape index (κ2) is 5.24. The van der Waals surface area contributed by atoms with Crippen LogP contribution in [0.5, 0.6) is 0 Å². The van der Waals surface area contributed by atoms with Crippen molar-refractivity contribution < 1.29 is 9.18 Å². The molecule has 0 saturated heterocycles. The van der Waals surface area contributed by atoms with Crippen LogP contribution in [0, 0.1) is 17.1 Å². The quantitative estimate of drug-likeness (QED) is 0.809. The maximum absolute atomic E-state index is 12.8. The molecule has 84 valence electrons. The first-order valence-electron chi connectivity index (χ1n) is 4.84. The van der Waals surface area contributed by atoms with E-state index in [0.29, 0.717) is 6.42 Å². The van der Waals surface area contributed by atoms with Crippen LogP contribution in [-0.2, 0) is 4.79 Å². The van der Waals surface area contributed by atoms with Gasteiger partial charge in [-0.05, 0) is 24.6 Å². The third-order valence-electron chi connectivity index (χ3n) is 2.14. The van der Waals surface area contributed by atoms with Crippen molar-refractivity contribution >= 4 is 11.6 Å². The lowest BCUT2D eigenvalue weighted by Crippen LogP contribution is -2.35. The van der Waals surface area contributed by atoms with E-state index in [1.807, 2.05) is 0 Å². The molecule has 0 fully saturated rings. The molecule has 1 rings (SSSR count). The van der Waals surface area contributed by atoms with Gasteiger partial charge in [-0.3, -0.25) is 4.79 Å². The van der Waals surface area contributed by atoms with Gasteiger partial charge in [-0.15, -0.1) is 0 Å². The fraction of sp³-hybridized carbons (Fsp3) is 0.273. The Hall–Kier alpha value is -1.93. The van der Waals surface area contributed by atoms with Crippen molar-refractivity contribution in [3.63, 3.8) is 0 Å². The molecule has 0 bridgehead atoms. The second-order valence-electron chi connectivity index (χ2n) is 3.31. The second-order valence-corrected chi connectivity index (χ2v) is 3.31. The van der Waals surface area contributed by atoms with Crippen molar-refractivity contribution in [3.8, 4) is 6.07 Å². The van der Waals surface area contributed by atoms with Crippen LogP contribution in [0.2, 0.25) is 0 Å². The standard InChI is InChI=1S/C11H12FN3O/c1-2-9(14)11(16)15-10-4-3-8(12)5-7(10)6-13/h3-5,9H,2,14H2,1H3,(H,15,16). The molecule has 5 heteroatoms. The number of nitriles is 1. The molecule has 1 amide bonds. The minimum atomic E-state index is -0.628. The normalized spacial score (nSPS) is 11.6. The lowest BCUT2D eigenvalue weighted by molar-refractivity contribution is -0.117. The number of benzene rings is 1. The summed E-state index contributed by atoms with van der Waals surface area (Å²) in [5.74, 6) is -0.903. The largest absolute Gasteiger partial charge is 0.324 e. The van der Waals surface area contributed by atoms with E-state index in [1.54, 1.807) is 13.0 Å². The molecule has 0 aliphatic carbocycles. The van der Waals surface area contributed by atoms with E-state index in [2.05, 4.69) is 5.32 Å². The molecule has 0 aliphatic heterocycles. The Labute approximate surface area is 92.9 Å². The maximum atomic E-state index is 12.8. The average Bonchev–Trinajstić information content (AvgIpc) is 2.30. The first kappa shape index (κ1) is 12.1. The summed E-state index contributed by atoms with van der Waals surface area (Å²) in [6, 6.07) is 4.75. The van der Waals surface area contributed by atoms with Gasteiger partial charge >= 0.3 is 0 Å². The van der Waals surface area contributed by atoms with Gasteiger partial charge in [0.15, 0.2) is 0 Å². The monoisotopic (exact) mass is 221 g/mol. The molecule has 1 unspecified atom stereocenters. The molecule has 1 atom stereocenters. The van der Waals surface area contributed by atoms with E-state index in [1.165, 1.54) is 12.1 Å². The Morgan fingerprint density at radius 3 is 2.94 bits per heavy atom. The van der Waals surface area contributed by atoms with Crippen LogP contribution in [0.15, 0.2) is 18.2 Å². The van der Waals surface area contributed by atoms with Gasteiger partial charge in [0.2, 0.25) is 5.91 Å². The van der Waals surface area contributed by atoms with Crippen molar-refractivity contribution in [1.82, 2.24) is 0 Å². The summed E-state index contributed by atoms with van der Waals surface area (Å²) in [5, 5.41) is 11.2. The zero-order chi connectivity index (χ0) is 12.1. The molecule has 3 N–H and O–H groups in total. The van der Waals surface area contributed by atoms with Gasteiger partial charge in [0.1, 0.15) is 11.9 Å². The van der Waals surface area contributed by atoms with Crippen molar-refractivity contribution in [2.24, 2.45) is 5.73 Å². The number of halogens is 1. The summed E-state index contributed by atoms with van der Waals surface area (Å²) in [7, 11) is 0. The highest BCUT2D eigenvalue weighted by Crippen LogP contribution is 2.16. The predicted octanol–water partition coefficient (Wildman–Crippen LogP) is 1.37. The molecule has 0 heterocycles.